The summed E-state index contributed by atoms with van der Waals surface area (Å²) in [6.45, 7) is 2.64. The number of ether oxygens (including phenoxy) is 3. The van der Waals surface area contributed by atoms with Crippen LogP contribution in [0.2, 0.25) is 0 Å². The van der Waals surface area contributed by atoms with Crippen LogP contribution < -0.4 is 21.7 Å². The van der Waals surface area contributed by atoms with Crippen molar-refractivity contribution >= 4 is 22.7 Å². The topological polar surface area (TPSA) is 126 Å². The largest absolute Gasteiger partial charge is 0.439 e. The Morgan fingerprint density at radius 3 is 2.44 bits per heavy atom. The molecule has 0 radical (unpaired) electrons. The zero-order chi connectivity index (χ0) is 18.4. The second-order valence-corrected chi connectivity index (χ2v) is 5.18. The van der Waals surface area contributed by atoms with Crippen molar-refractivity contribution in [1.82, 2.24) is 5.43 Å². The highest BCUT2D eigenvalue weighted by atomic mass is 16.7. The summed E-state index contributed by atoms with van der Waals surface area (Å²) in [6.07, 6.45) is 0. The van der Waals surface area contributed by atoms with E-state index in [1.54, 1.807) is 12.1 Å². The summed E-state index contributed by atoms with van der Waals surface area (Å²) in [5, 5.41) is 2.00. The van der Waals surface area contributed by atoms with Crippen molar-refractivity contribution in [3.05, 3.63) is 53.5 Å². The molecule has 0 saturated carbocycles. The van der Waals surface area contributed by atoms with Crippen molar-refractivity contribution < 1.29 is 23.8 Å². The van der Waals surface area contributed by atoms with Crippen LogP contribution in [0.15, 0.2) is 48.0 Å². The SMILES string of the molecule is CC(=O)OCOC(=O)/C(NN)=C(/N)Oc1ccc2cc(C)ccc2c1. The number of hydrogen-bond donors (Lipinski definition) is 3. The van der Waals surface area contributed by atoms with Crippen LogP contribution in [0.3, 0.4) is 0 Å². The van der Waals surface area contributed by atoms with Crippen LogP contribution >= 0.6 is 0 Å². The van der Waals surface area contributed by atoms with Gasteiger partial charge in [-0.05, 0) is 29.8 Å². The monoisotopic (exact) mass is 345 g/mol. The van der Waals surface area contributed by atoms with Crippen molar-refractivity contribution in [2.45, 2.75) is 13.8 Å². The van der Waals surface area contributed by atoms with Gasteiger partial charge in [0.25, 0.3) is 0 Å². The fraction of sp³-hybridized carbons (Fsp3) is 0.176. The second kappa shape index (κ2) is 8.02. The summed E-state index contributed by atoms with van der Waals surface area (Å²) < 4.78 is 14.7. The molecule has 8 heteroatoms. The molecule has 2 rings (SSSR count). The third kappa shape index (κ3) is 4.85. The molecule has 0 unspecified atom stereocenters. The van der Waals surface area contributed by atoms with Crippen LogP contribution in [0.4, 0.5) is 0 Å². The molecule has 2 aromatic carbocycles. The van der Waals surface area contributed by atoms with Crippen LogP contribution in [0.5, 0.6) is 5.75 Å². The third-order valence-corrected chi connectivity index (χ3v) is 3.24. The maximum Gasteiger partial charge on any atom is 0.364 e. The van der Waals surface area contributed by atoms with Crippen molar-refractivity contribution in [2.75, 3.05) is 6.79 Å². The van der Waals surface area contributed by atoms with Gasteiger partial charge in [-0.15, -0.1) is 0 Å². The van der Waals surface area contributed by atoms with Crippen molar-refractivity contribution in [3.63, 3.8) is 0 Å². The molecule has 0 atom stereocenters. The number of nitrogens with one attached hydrogen (secondary N) is 1. The van der Waals surface area contributed by atoms with Gasteiger partial charge >= 0.3 is 11.9 Å². The highest BCUT2D eigenvalue weighted by molar-refractivity contribution is 5.88. The Kier molecular flexibility index (Phi) is 5.80. The summed E-state index contributed by atoms with van der Waals surface area (Å²) in [4.78, 5) is 22.5. The van der Waals surface area contributed by atoms with E-state index in [2.05, 4.69) is 10.2 Å². The quantitative estimate of drug-likeness (QED) is 0.178. The smallest absolute Gasteiger partial charge is 0.364 e. The molecule has 0 saturated heterocycles. The first-order valence-corrected chi connectivity index (χ1v) is 7.36. The van der Waals surface area contributed by atoms with Gasteiger partial charge in [0.05, 0.1) is 0 Å². The minimum absolute atomic E-state index is 0.276. The third-order valence-electron chi connectivity index (χ3n) is 3.24. The van der Waals surface area contributed by atoms with Gasteiger partial charge in [0.2, 0.25) is 12.7 Å². The minimum Gasteiger partial charge on any atom is -0.439 e. The predicted octanol–water partition coefficient (Wildman–Crippen LogP) is 1.18. The maximum atomic E-state index is 11.9. The normalized spacial score (nSPS) is 11.5. The summed E-state index contributed by atoms with van der Waals surface area (Å²) in [7, 11) is 0. The standard InChI is InChI=1S/C17H19N3O5/c1-10-3-4-13-8-14(6-5-12(13)7-10)25-16(18)15(20-19)17(22)24-9-23-11(2)21/h3-8,20H,9,18-19H2,1-2H3/b16-15+. The fourth-order valence-electron chi connectivity index (χ4n) is 2.05. The number of benzene rings is 2. The molecule has 0 aliphatic heterocycles. The first-order chi connectivity index (χ1) is 11.9. The van der Waals surface area contributed by atoms with Crippen LogP contribution in [0.25, 0.3) is 10.8 Å². The van der Waals surface area contributed by atoms with E-state index in [0.29, 0.717) is 5.75 Å². The maximum absolute atomic E-state index is 11.9. The second-order valence-electron chi connectivity index (χ2n) is 5.18. The van der Waals surface area contributed by atoms with Gasteiger partial charge in [0.15, 0.2) is 5.70 Å². The molecule has 0 amide bonds. The molecule has 2 aromatic rings. The zero-order valence-electron chi connectivity index (χ0n) is 13.9. The number of hydrazine groups is 1. The van der Waals surface area contributed by atoms with E-state index in [-0.39, 0.29) is 11.6 Å². The Morgan fingerprint density at radius 2 is 1.76 bits per heavy atom. The van der Waals surface area contributed by atoms with Crippen molar-refractivity contribution in [3.8, 4) is 5.75 Å². The Morgan fingerprint density at radius 1 is 1.08 bits per heavy atom. The average molecular weight is 345 g/mol. The van der Waals surface area contributed by atoms with Gasteiger partial charge < -0.3 is 25.4 Å². The molecule has 132 valence electrons. The zero-order valence-corrected chi connectivity index (χ0v) is 13.9. The number of carbonyl (C=O) groups is 2. The Hall–Kier alpha value is -3.26. The molecule has 8 nitrogen and oxygen atoms in total. The van der Waals surface area contributed by atoms with Gasteiger partial charge in [0, 0.05) is 6.92 Å². The first kappa shape index (κ1) is 18.1. The first-order valence-electron chi connectivity index (χ1n) is 7.36. The molecule has 5 N–H and O–H groups in total. The minimum atomic E-state index is -0.919. The van der Waals surface area contributed by atoms with Crippen molar-refractivity contribution in [1.29, 1.82) is 0 Å². The summed E-state index contributed by atoms with van der Waals surface area (Å²) in [5.41, 5.74) is 8.74. The van der Waals surface area contributed by atoms with Gasteiger partial charge in [-0.3, -0.25) is 10.6 Å². The molecule has 25 heavy (non-hydrogen) atoms. The van der Waals surface area contributed by atoms with E-state index in [1.165, 1.54) is 6.92 Å². The van der Waals surface area contributed by atoms with E-state index in [9.17, 15) is 9.59 Å². The van der Waals surface area contributed by atoms with E-state index < -0.39 is 18.7 Å². The number of fused-ring (bicyclic) bond motifs is 1. The number of nitrogens with two attached hydrogens (primary N) is 2. The molecule has 0 aromatic heterocycles. The van der Waals surface area contributed by atoms with Gasteiger partial charge in [0.1, 0.15) is 5.75 Å². The lowest BCUT2D eigenvalue weighted by molar-refractivity contribution is -0.163. The molecule has 0 heterocycles. The molecular weight excluding hydrogens is 326 g/mol. The average Bonchev–Trinajstić information content (AvgIpc) is 2.55. The summed E-state index contributed by atoms with van der Waals surface area (Å²) in [6, 6.07) is 11.3. The summed E-state index contributed by atoms with van der Waals surface area (Å²) >= 11 is 0. The van der Waals surface area contributed by atoms with Crippen LogP contribution in [-0.4, -0.2) is 18.7 Å². The number of aryl methyl sites for hydroxylation is 1. The number of carbonyl (C=O) groups excluding carboxylic acids is 2. The highest BCUT2D eigenvalue weighted by Gasteiger charge is 2.17. The lowest BCUT2D eigenvalue weighted by Gasteiger charge is -2.12. The predicted molar refractivity (Wildman–Crippen MR) is 90.6 cm³/mol. The van der Waals surface area contributed by atoms with Gasteiger partial charge in [-0.1, -0.05) is 29.8 Å². The Bertz CT molecular complexity index is 832. The van der Waals surface area contributed by atoms with Crippen molar-refractivity contribution in [2.24, 2.45) is 11.6 Å². The van der Waals surface area contributed by atoms with Crippen LogP contribution in [-0.2, 0) is 19.1 Å². The lowest BCUT2D eigenvalue weighted by Crippen LogP contribution is -2.33. The fourth-order valence-corrected chi connectivity index (χ4v) is 2.05. The van der Waals surface area contributed by atoms with E-state index in [1.807, 2.05) is 31.2 Å². The highest BCUT2D eigenvalue weighted by Crippen LogP contribution is 2.23. The Labute approximate surface area is 144 Å². The molecule has 0 spiro atoms. The molecule has 0 fully saturated rings. The van der Waals surface area contributed by atoms with Crippen LogP contribution in [0.1, 0.15) is 12.5 Å². The van der Waals surface area contributed by atoms with E-state index in [4.69, 9.17) is 21.1 Å². The summed E-state index contributed by atoms with van der Waals surface area (Å²) in [5.74, 6) is 3.93. The van der Waals surface area contributed by atoms with Crippen LogP contribution in [0, 0.1) is 6.92 Å². The molecular formula is C17H19N3O5. The number of esters is 2. The molecule has 0 aliphatic carbocycles. The molecule has 0 aliphatic rings. The van der Waals surface area contributed by atoms with Gasteiger partial charge in [-0.2, -0.15) is 0 Å². The number of rotatable bonds is 6. The van der Waals surface area contributed by atoms with E-state index in [0.717, 1.165) is 16.3 Å². The number of hydrogen-bond acceptors (Lipinski definition) is 8. The lowest BCUT2D eigenvalue weighted by atomic mass is 10.1. The molecule has 0 bridgehead atoms. The Balaban J connectivity index is 2.15. The van der Waals surface area contributed by atoms with Gasteiger partial charge in [-0.25, -0.2) is 4.79 Å². The van der Waals surface area contributed by atoms with E-state index >= 15 is 0 Å².